The monoisotopic (exact) mass is 240 g/mol. The minimum Gasteiger partial charge on any atom is -0.0683 e. The Bertz CT molecular complexity index is 127. The van der Waals surface area contributed by atoms with E-state index in [2.05, 4.69) is 13.8 Å². The lowest BCUT2D eigenvalue weighted by Gasteiger charge is -2.03. The Labute approximate surface area is 111 Å². The molecule has 0 N–H and O–H groups in total. The number of rotatable bonds is 3. The zero-order valence-electron chi connectivity index (χ0n) is 12.9. The third kappa shape index (κ3) is 8.69. The summed E-state index contributed by atoms with van der Waals surface area (Å²) in [5.41, 5.74) is 0. The summed E-state index contributed by atoms with van der Waals surface area (Å²) in [5.74, 6) is 2.21. The van der Waals surface area contributed by atoms with E-state index < -0.39 is 0 Å². The Morgan fingerprint density at radius 3 is 1.41 bits per heavy atom. The first-order valence-electron chi connectivity index (χ1n) is 8.36. The zero-order chi connectivity index (χ0) is 12.9. The van der Waals surface area contributed by atoms with E-state index in [1.54, 1.807) is 0 Å². The second kappa shape index (κ2) is 12.5. The second-order valence-electron chi connectivity index (χ2n) is 5.50. The van der Waals surface area contributed by atoms with E-state index >= 15 is 0 Å². The van der Waals surface area contributed by atoms with Gasteiger partial charge in [-0.05, 0) is 11.8 Å². The molecule has 0 bridgehead atoms. The molecule has 0 aliphatic heterocycles. The van der Waals surface area contributed by atoms with Gasteiger partial charge in [-0.15, -0.1) is 0 Å². The van der Waals surface area contributed by atoms with Gasteiger partial charge >= 0.3 is 0 Å². The molecule has 0 saturated heterocycles. The highest BCUT2D eigenvalue weighted by Crippen LogP contribution is 2.28. The zero-order valence-corrected chi connectivity index (χ0v) is 12.9. The van der Waals surface area contributed by atoms with Crippen LogP contribution in [0.15, 0.2) is 0 Å². The molecule has 17 heavy (non-hydrogen) atoms. The van der Waals surface area contributed by atoms with Gasteiger partial charge in [0, 0.05) is 0 Å². The molecule has 0 atom stereocenters. The van der Waals surface area contributed by atoms with Crippen LogP contribution < -0.4 is 0 Å². The van der Waals surface area contributed by atoms with Gasteiger partial charge in [-0.3, -0.25) is 0 Å². The Hall–Kier alpha value is 0. The van der Waals surface area contributed by atoms with Crippen LogP contribution in [0.5, 0.6) is 0 Å². The SMILES string of the molecule is CC.CCC1CCCC1.CCCC1CCCC1. The quantitative estimate of drug-likeness (QED) is 0.522. The molecule has 2 fully saturated rings. The van der Waals surface area contributed by atoms with Crippen molar-refractivity contribution in [1.29, 1.82) is 0 Å². The molecular formula is C17H36. The lowest BCUT2D eigenvalue weighted by Crippen LogP contribution is -1.89. The first-order valence-corrected chi connectivity index (χ1v) is 8.36. The minimum atomic E-state index is 1.10. The van der Waals surface area contributed by atoms with Gasteiger partial charge in [0.15, 0.2) is 0 Å². The van der Waals surface area contributed by atoms with E-state index in [0.29, 0.717) is 0 Å². The van der Waals surface area contributed by atoms with Crippen molar-refractivity contribution in [2.75, 3.05) is 0 Å². The van der Waals surface area contributed by atoms with Crippen molar-refractivity contribution in [3.05, 3.63) is 0 Å². The summed E-state index contributed by atoms with van der Waals surface area (Å²) in [5, 5.41) is 0. The maximum absolute atomic E-state index is 2.30. The molecule has 0 radical (unpaired) electrons. The van der Waals surface area contributed by atoms with Crippen molar-refractivity contribution in [3.63, 3.8) is 0 Å². The molecule has 0 nitrogen and oxygen atoms in total. The van der Waals surface area contributed by atoms with E-state index in [9.17, 15) is 0 Å². The van der Waals surface area contributed by atoms with Gasteiger partial charge in [0.1, 0.15) is 0 Å². The molecule has 2 rings (SSSR count). The highest BCUT2D eigenvalue weighted by molar-refractivity contribution is 4.66. The normalized spacial score (nSPS) is 20.5. The van der Waals surface area contributed by atoms with Crippen molar-refractivity contribution in [1.82, 2.24) is 0 Å². The molecule has 0 unspecified atom stereocenters. The van der Waals surface area contributed by atoms with Crippen LogP contribution in [0.2, 0.25) is 0 Å². The fraction of sp³-hybridized carbons (Fsp3) is 1.00. The Morgan fingerprint density at radius 2 is 1.12 bits per heavy atom. The van der Waals surface area contributed by atoms with Crippen molar-refractivity contribution < 1.29 is 0 Å². The minimum absolute atomic E-state index is 1.10. The van der Waals surface area contributed by atoms with Gasteiger partial charge < -0.3 is 0 Å². The van der Waals surface area contributed by atoms with E-state index in [1.165, 1.54) is 70.6 Å². The maximum atomic E-state index is 2.30. The second-order valence-corrected chi connectivity index (χ2v) is 5.50. The van der Waals surface area contributed by atoms with Crippen LogP contribution in [0.1, 0.15) is 98.3 Å². The van der Waals surface area contributed by atoms with Crippen LogP contribution >= 0.6 is 0 Å². The predicted octanol–water partition coefficient (Wildman–Crippen LogP) is 6.59. The first kappa shape index (κ1) is 17.0. The topological polar surface area (TPSA) is 0 Å². The average molecular weight is 240 g/mol. The van der Waals surface area contributed by atoms with Crippen LogP contribution in [0.4, 0.5) is 0 Å². The highest BCUT2D eigenvalue weighted by Gasteiger charge is 2.12. The van der Waals surface area contributed by atoms with E-state index in [-0.39, 0.29) is 0 Å². The van der Waals surface area contributed by atoms with Gasteiger partial charge in [0.05, 0.1) is 0 Å². The average Bonchev–Trinajstić information content (AvgIpc) is 3.05. The van der Waals surface area contributed by atoms with Gasteiger partial charge in [-0.25, -0.2) is 0 Å². The number of hydrogen-bond acceptors (Lipinski definition) is 0. The molecule has 104 valence electrons. The van der Waals surface area contributed by atoms with Crippen LogP contribution in [0.25, 0.3) is 0 Å². The lowest BCUT2D eigenvalue weighted by molar-refractivity contribution is 0.496. The Morgan fingerprint density at radius 1 is 0.706 bits per heavy atom. The van der Waals surface area contributed by atoms with Gasteiger partial charge in [0.2, 0.25) is 0 Å². The van der Waals surface area contributed by atoms with Crippen LogP contribution in [0, 0.1) is 11.8 Å². The molecule has 0 amide bonds. The molecule has 0 spiro atoms. The number of hydrogen-bond donors (Lipinski definition) is 0. The predicted molar refractivity (Wildman–Crippen MR) is 80.5 cm³/mol. The van der Waals surface area contributed by atoms with Gasteiger partial charge in [-0.2, -0.15) is 0 Å². The summed E-state index contributed by atoms with van der Waals surface area (Å²) in [6.45, 7) is 8.59. The van der Waals surface area contributed by atoms with Gasteiger partial charge in [-0.1, -0.05) is 98.3 Å². The van der Waals surface area contributed by atoms with Crippen LogP contribution in [-0.2, 0) is 0 Å². The van der Waals surface area contributed by atoms with Crippen LogP contribution in [-0.4, -0.2) is 0 Å². The fourth-order valence-corrected chi connectivity index (χ4v) is 3.13. The third-order valence-electron chi connectivity index (χ3n) is 4.22. The van der Waals surface area contributed by atoms with E-state index in [0.717, 1.165) is 11.8 Å². The molecule has 2 aliphatic rings. The van der Waals surface area contributed by atoms with Gasteiger partial charge in [0.25, 0.3) is 0 Å². The van der Waals surface area contributed by atoms with Crippen molar-refractivity contribution in [2.45, 2.75) is 98.3 Å². The third-order valence-corrected chi connectivity index (χ3v) is 4.22. The molecule has 2 aliphatic carbocycles. The summed E-state index contributed by atoms with van der Waals surface area (Å²) in [6, 6.07) is 0. The lowest BCUT2D eigenvalue weighted by atomic mass is 10.0. The van der Waals surface area contributed by atoms with E-state index in [1.807, 2.05) is 13.8 Å². The summed E-state index contributed by atoms with van der Waals surface area (Å²) in [6.07, 6.45) is 16.4. The highest BCUT2D eigenvalue weighted by atomic mass is 14.2. The maximum Gasteiger partial charge on any atom is -0.0414 e. The van der Waals surface area contributed by atoms with Crippen LogP contribution in [0.3, 0.4) is 0 Å². The molecule has 0 aromatic carbocycles. The standard InChI is InChI=1S/C8H16.C7H14.C2H6/c1-2-5-8-6-3-4-7-8;1-2-7-5-3-4-6-7;1-2/h8H,2-7H2,1H3;7H,2-6H2,1H3;1-2H3. The summed E-state index contributed by atoms with van der Waals surface area (Å²) in [7, 11) is 0. The first-order chi connectivity index (χ1) is 8.36. The molecule has 2 saturated carbocycles. The largest absolute Gasteiger partial charge is 0.0683 e. The molecule has 0 aromatic rings. The Kier molecular flexibility index (Phi) is 12.5. The molecule has 0 heterocycles. The summed E-state index contributed by atoms with van der Waals surface area (Å²) in [4.78, 5) is 0. The van der Waals surface area contributed by atoms with E-state index in [4.69, 9.17) is 0 Å². The molecule has 0 aromatic heterocycles. The van der Waals surface area contributed by atoms with Crippen molar-refractivity contribution in [3.8, 4) is 0 Å². The van der Waals surface area contributed by atoms with Crippen molar-refractivity contribution >= 4 is 0 Å². The molecule has 0 heteroatoms. The smallest absolute Gasteiger partial charge is 0.0414 e. The summed E-state index contributed by atoms with van der Waals surface area (Å²) >= 11 is 0. The molecular weight excluding hydrogens is 204 g/mol. The fourth-order valence-electron chi connectivity index (χ4n) is 3.13. The Balaban J connectivity index is 0.000000265. The van der Waals surface area contributed by atoms with Crippen molar-refractivity contribution in [2.24, 2.45) is 11.8 Å². The summed E-state index contributed by atoms with van der Waals surface area (Å²) < 4.78 is 0.